The molecule has 0 unspecified atom stereocenters. The van der Waals surface area contributed by atoms with Gasteiger partial charge in [0.15, 0.2) is 0 Å². The normalized spacial score (nSPS) is 11.4. The Hall–Kier alpha value is -1.72. The predicted octanol–water partition coefficient (Wildman–Crippen LogP) is 2.45. The molecule has 17 heavy (non-hydrogen) atoms. The quantitative estimate of drug-likeness (QED) is 0.634. The van der Waals surface area contributed by atoms with E-state index in [-0.39, 0.29) is 5.56 Å². The maximum absolute atomic E-state index is 12.8. The van der Waals surface area contributed by atoms with E-state index in [1.54, 1.807) is 11.9 Å². The lowest BCUT2D eigenvalue weighted by Crippen LogP contribution is -2.21. The minimum atomic E-state index is -4.51. The number of hydrogen-bond acceptors (Lipinski definition) is 2. The van der Waals surface area contributed by atoms with E-state index in [0.717, 1.165) is 6.07 Å². The molecule has 1 aromatic rings. The van der Waals surface area contributed by atoms with Crippen LogP contribution in [0.25, 0.3) is 0 Å². The first-order valence-electron chi connectivity index (χ1n) is 5.04. The molecule has 0 spiro atoms. The number of alkyl halides is 3. The highest BCUT2D eigenvalue weighted by Gasteiger charge is 2.34. The Labute approximate surface area is 97.5 Å². The molecule has 0 aromatic heterocycles. The summed E-state index contributed by atoms with van der Waals surface area (Å²) in [5.41, 5.74) is 4.43. The summed E-state index contributed by atoms with van der Waals surface area (Å²) in [5.74, 6) is -0.581. The zero-order chi connectivity index (χ0) is 13.2. The molecule has 0 aliphatic carbocycles. The van der Waals surface area contributed by atoms with Crippen LogP contribution in [0.5, 0.6) is 0 Å². The van der Waals surface area contributed by atoms with Crippen LogP contribution in [0.15, 0.2) is 18.2 Å². The van der Waals surface area contributed by atoms with Crippen molar-refractivity contribution in [1.82, 2.24) is 0 Å². The van der Waals surface area contributed by atoms with E-state index in [9.17, 15) is 13.2 Å². The molecule has 0 aliphatic heterocycles. The Balaban J connectivity index is 3.35. The molecule has 1 aromatic carbocycles. The van der Waals surface area contributed by atoms with Crippen LogP contribution in [0, 0.1) is 5.41 Å². The topological polar surface area (TPSA) is 53.1 Å². The number of nitrogens with zero attached hydrogens (tertiary/aromatic N) is 1. The molecular formula is C11H14F3N3. The molecule has 3 nitrogen and oxygen atoms in total. The lowest BCUT2D eigenvalue weighted by Gasteiger charge is -2.20. The average Bonchev–Trinajstić information content (AvgIpc) is 2.25. The summed E-state index contributed by atoms with van der Waals surface area (Å²) >= 11 is 0. The first kappa shape index (κ1) is 13.3. The van der Waals surface area contributed by atoms with Crippen LogP contribution in [-0.4, -0.2) is 19.4 Å². The summed E-state index contributed by atoms with van der Waals surface area (Å²) in [6.45, 7) is 2.43. The summed E-state index contributed by atoms with van der Waals surface area (Å²) in [6, 6.07) is 3.77. The van der Waals surface area contributed by atoms with Gasteiger partial charge in [0.2, 0.25) is 0 Å². The lowest BCUT2D eigenvalue weighted by molar-refractivity contribution is -0.137. The van der Waals surface area contributed by atoms with Gasteiger partial charge in [0.05, 0.1) is 5.56 Å². The van der Waals surface area contributed by atoms with Crippen molar-refractivity contribution >= 4 is 11.5 Å². The zero-order valence-corrected chi connectivity index (χ0v) is 9.60. The second-order valence-electron chi connectivity index (χ2n) is 3.66. The van der Waals surface area contributed by atoms with Crippen molar-refractivity contribution in [1.29, 1.82) is 5.41 Å². The molecule has 0 fully saturated rings. The summed E-state index contributed by atoms with van der Waals surface area (Å²) in [5, 5.41) is 7.14. The number of amidine groups is 1. The van der Waals surface area contributed by atoms with E-state index in [1.165, 1.54) is 12.1 Å². The Morgan fingerprint density at radius 3 is 2.41 bits per heavy atom. The van der Waals surface area contributed by atoms with Crippen molar-refractivity contribution in [2.24, 2.45) is 5.73 Å². The largest absolute Gasteiger partial charge is 0.417 e. The number of rotatable bonds is 3. The van der Waals surface area contributed by atoms with Gasteiger partial charge in [0, 0.05) is 24.8 Å². The summed E-state index contributed by atoms with van der Waals surface area (Å²) in [7, 11) is 1.70. The third-order valence-electron chi connectivity index (χ3n) is 2.51. The Morgan fingerprint density at radius 2 is 2.00 bits per heavy atom. The van der Waals surface area contributed by atoms with Gasteiger partial charge in [-0.1, -0.05) is 0 Å². The van der Waals surface area contributed by atoms with E-state index < -0.39 is 17.6 Å². The van der Waals surface area contributed by atoms with Gasteiger partial charge < -0.3 is 10.6 Å². The molecule has 0 saturated carbocycles. The molecule has 6 heteroatoms. The maximum atomic E-state index is 12.8. The number of nitrogens with one attached hydrogen (secondary N) is 1. The SMILES string of the molecule is CCN(C)c1ccc(C(=N)N)c(C(F)(F)F)c1. The third kappa shape index (κ3) is 2.89. The van der Waals surface area contributed by atoms with Crippen LogP contribution >= 0.6 is 0 Å². The Morgan fingerprint density at radius 1 is 1.41 bits per heavy atom. The van der Waals surface area contributed by atoms with Crippen LogP contribution in [0.4, 0.5) is 18.9 Å². The van der Waals surface area contributed by atoms with Gasteiger partial charge >= 0.3 is 6.18 Å². The van der Waals surface area contributed by atoms with Crippen molar-refractivity contribution in [3.05, 3.63) is 29.3 Å². The van der Waals surface area contributed by atoms with Gasteiger partial charge in [-0.3, -0.25) is 5.41 Å². The molecule has 0 bridgehead atoms. The number of benzene rings is 1. The van der Waals surface area contributed by atoms with E-state index in [4.69, 9.17) is 11.1 Å². The van der Waals surface area contributed by atoms with Crippen LogP contribution in [0.1, 0.15) is 18.1 Å². The minimum absolute atomic E-state index is 0.286. The molecule has 0 aliphatic rings. The van der Waals surface area contributed by atoms with Crippen molar-refractivity contribution < 1.29 is 13.2 Å². The minimum Gasteiger partial charge on any atom is -0.384 e. The van der Waals surface area contributed by atoms with Crippen LogP contribution in [-0.2, 0) is 6.18 Å². The van der Waals surface area contributed by atoms with E-state index >= 15 is 0 Å². The smallest absolute Gasteiger partial charge is 0.384 e. The Bertz CT molecular complexity index is 426. The van der Waals surface area contributed by atoms with Crippen molar-refractivity contribution in [2.45, 2.75) is 13.1 Å². The number of halogens is 3. The molecule has 0 amide bonds. The van der Waals surface area contributed by atoms with Crippen molar-refractivity contribution in [3.8, 4) is 0 Å². The number of hydrogen-bond donors (Lipinski definition) is 2. The summed E-state index contributed by atoms with van der Waals surface area (Å²) < 4.78 is 38.4. The van der Waals surface area contributed by atoms with E-state index in [0.29, 0.717) is 12.2 Å². The van der Waals surface area contributed by atoms with Gasteiger partial charge in [0.25, 0.3) is 0 Å². The number of nitrogens with two attached hydrogens (primary N) is 1. The average molecular weight is 245 g/mol. The monoisotopic (exact) mass is 245 g/mol. The molecular weight excluding hydrogens is 231 g/mol. The Kier molecular flexibility index (Phi) is 3.65. The predicted molar refractivity (Wildman–Crippen MR) is 61.4 cm³/mol. The van der Waals surface area contributed by atoms with Gasteiger partial charge in [-0.2, -0.15) is 13.2 Å². The highest BCUT2D eigenvalue weighted by molar-refractivity contribution is 5.97. The number of anilines is 1. The second kappa shape index (κ2) is 4.65. The fourth-order valence-corrected chi connectivity index (χ4v) is 1.42. The highest BCUT2D eigenvalue weighted by atomic mass is 19.4. The lowest BCUT2D eigenvalue weighted by atomic mass is 10.0. The zero-order valence-electron chi connectivity index (χ0n) is 9.60. The summed E-state index contributed by atoms with van der Waals surface area (Å²) in [4.78, 5) is 1.68. The van der Waals surface area contributed by atoms with Crippen LogP contribution in [0.2, 0.25) is 0 Å². The fraction of sp³-hybridized carbons (Fsp3) is 0.364. The second-order valence-corrected chi connectivity index (χ2v) is 3.66. The molecule has 0 saturated heterocycles. The van der Waals surface area contributed by atoms with Gasteiger partial charge in [-0.15, -0.1) is 0 Å². The highest BCUT2D eigenvalue weighted by Crippen LogP contribution is 2.34. The standard InChI is InChI=1S/C11H14F3N3/c1-3-17(2)7-4-5-8(10(15)16)9(6-7)11(12,13)14/h4-6H,3H2,1-2H3,(H3,15,16). The van der Waals surface area contributed by atoms with Crippen LogP contribution < -0.4 is 10.6 Å². The molecule has 0 atom stereocenters. The first-order valence-corrected chi connectivity index (χ1v) is 5.04. The molecule has 94 valence electrons. The maximum Gasteiger partial charge on any atom is 0.417 e. The molecule has 0 radical (unpaired) electrons. The molecule has 1 rings (SSSR count). The molecule has 0 heterocycles. The fourth-order valence-electron chi connectivity index (χ4n) is 1.42. The van der Waals surface area contributed by atoms with Gasteiger partial charge in [0.1, 0.15) is 5.84 Å². The van der Waals surface area contributed by atoms with Crippen molar-refractivity contribution in [3.63, 3.8) is 0 Å². The van der Waals surface area contributed by atoms with Crippen molar-refractivity contribution in [2.75, 3.05) is 18.5 Å². The van der Waals surface area contributed by atoms with Crippen LogP contribution in [0.3, 0.4) is 0 Å². The first-order chi connectivity index (χ1) is 7.77. The summed E-state index contributed by atoms with van der Waals surface area (Å²) in [6.07, 6.45) is -4.51. The van der Waals surface area contributed by atoms with Gasteiger partial charge in [-0.25, -0.2) is 0 Å². The van der Waals surface area contributed by atoms with E-state index in [2.05, 4.69) is 0 Å². The number of nitrogen functional groups attached to an aromatic ring is 1. The van der Waals surface area contributed by atoms with Gasteiger partial charge in [-0.05, 0) is 25.1 Å². The van der Waals surface area contributed by atoms with E-state index in [1.807, 2.05) is 6.92 Å². The third-order valence-corrected chi connectivity index (χ3v) is 2.51. The molecule has 3 N–H and O–H groups in total.